The van der Waals surface area contributed by atoms with Gasteiger partial charge < -0.3 is 4.74 Å². The van der Waals surface area contributed by atoms with Crippen molar-refractivity contribution >= 4 is 16.7 Å². The highest BCUT2D eigenvalue weighted by Gasteiger charge is 2.15. The molecule has 0 heterocycles. The van der Waals surface area contributed by atoms with Crippen LogP contribution in [0.3, 0.4) is 0 Å². The number of hydrogen-bond donors (Lipinski definition) is 0. The van der Waals surface area contributed by atoms with E-state index < -0.39 is 0 Å². The van der Waals surface area contributed by atoms with Crippen LogP contribution in [0.5, 0.6) is 5.75 Å². The minimum absolute atomic E-state index is 0.271. The lowest BCUT2D eigenvalue weighted by molar-refractivity contribution is -0.131. The van der Waals surface area contributed by atoms with Crippen molar-refractivity contribution in [3.05, 3.63) is 41.5 Å². The van der Waals surface area contributed by atoms with E-state index in [0.29, 0.717) is 11.7 Å². The molecule has 0 N–H and O–H groups in total. The van der Waals surface area contributed by atoms with Gasteiger partial charge in [-0.3, -0.25) is 4.79 Å². The summed E-state index contributed by atoms with van der Waals surface area (Å²) < 4.78 is 5.46. The Labute approximate surface area is 108 Å². The van der Waals surface area contributed by atoms with Gasteiger partial charge in [-0.2, -0.15) is 0 Å². The van der Waals surface area contributed by atoms with Crippen LogP contribution in [0.25, 0.3) is 10.8 Å². The Morgan fingerprint density at radius 2 is 1.89 bits per heavy atom. The molecule has 0 aliphatic rings. The normalized spacial score (nSPS) is 10.9. The molecule has 2 nitrogen and oxygen atoms in total. The molecule has 0 saturated carbocycles. The average Bonchev–Trinajstić information content (AvgIpc) is 2.28. The van der Waals surface area contributed by atoms with Crippen molar-refractivity contribution in [1.29, 1.82) is 0 Å². The van der Waals surface area contributed by atoms with E-state index >= 15 is 0 Å². The fourth-order valence-corrected chi connectivity index (χ4v) is 2.25. The minimum Gasteiger partial charge on any atom is -0.426 e. The molecular formula is C16H18O2. The predicted octanol–water partition coefficient (Wildman–Crippen LogP) is 4.20. The molecule has 2 aromatic rings. The smallest absolute Gasteiger partial charge is 0.308 e. The zero-order valence-corrected chi connectivity index (χ0v) is 11.3. The summed E-state index contributed by atoms with van der Waals surface area (Å²) in [7, 11) is 0. The van der Waals surface area contributed by atoms with Crippen LogP contribution in [0.4, 0.5) is 0 Å². The number of fused-ring (bicyclic) bond motifs is 1. The van der Waals surface area contributed by atoms with Crippen LogP contribution in [0.15, 0.2) is 30.3 Å². The second-order valence-electron chi connectivity index (χ2n) is 4.91. The zero-order chi connectivity index (χ0) is 13.3. The van der Waals surface area contributed by atoms with Gasteiger partial charge in [0.15, 0.2) is 0 Å². The maximum absolute atomic E-state index is 11.3. The standard InChI is InChI=1S/C16H18O2/c1-10(2)14-9-8-13-7-5-6-11(3)15(13)16(14)18-12(4)17/h5-10H,1-4H3. The number of hydrogen-bond acceptors (Lipinski definition) is 2. The number of aryl methyl sites for hydroxylation is 1. The number of esters is 1. The molecule has 0 radical (unpaired) electrons. The van der Waals surface area contributed by atoms with Crippen LogP contribution < -0.4 is 4.74 Å². The molecule has 2 aromatic carbocycles. The summed E-state index contributed by atoms with van der Waals surface area (Å²) in [4.78, 5) is 11.3. The van der Waals surface area contributed by atoms with Gasteiger partial charge in [0.05, 0.1) is 0 Å². The van der Waals surface area contributed by atoms with Gasteiger partial charge in [-0.25, -0.2) is 0 Å². The highest BCUT2D eigenvalue weighted by Crippen LogP contribution is 2.36. The van der Waals surface area contributed by atoms with Gasteiger partial charge >= 0.3 is 5.97 Å². The maximum Gasteiger partial charge on any atom is 0.308 e. The van der Waals surface area contributed by atoms with Gasteiger partial charge in [0, 0.05) is 12.3 Å². The van der Waals surface area contributed by atoms with Gasteiger partial charge in [-0.15, -0.1) is 0 Å². The predicted molar refractivity (Wildman–Crippen MR) is 74.1 cm³/mol. The molecule has 0 aliphatic carbocycles. The third-order valence-electron chi connectivity index (χ3n) is 3.10. The molecular weight excluding hydrogens is 224 g/mol. The lowest BCUT2D eigenvalue weighted by Gasteiger charge is -2.16. The van der Waals surface area contributed by atoms with Crippen molar-refractivity contribution < 1.29 is 9.53 Å². The Kier molecular flexibility index (Phi) is 3.37. The van der Waals surface area contributed by atoms with E-state index in [1.54, 1.807) is 0 Å². The van der Waals surface area contributed by atoms with Crippen molar-refractivity contribution in [3.8, 4) is 5.75 Å². The summed E-state index contributed by atoms with van der Waals surface area (Å²) >= 11 is 0. The topological polar surface area (TPSA) is 26.3 Å². The summed E-state index contributed by atoms with van der Waals surface area (Å²) in [6.45, 7) is 7.69. The number of benzene rings is 2. The van der Waals surface area contributed by atoms with Crippen LogP contribution in [0.1, 0.15) is 37.8 Å². The van der Waals surface area contributed by atoms with E-state index in [1.807, 2.05) is 31.2 Å². The summed E-state index contributed by atoms with van der Waals surface area (Å²) in [5, 5.41) is 2.15. The van der Waals surface area contributed by atoms with Gasteiger partial charge in [-0.1, -0.05) is 44.2 Å². The Morgan fingerprint density at radius 1 is 1.17 bits per heavy atom. The highest BCUT2D eigenvalue weighted by atomic mass is 16.5. The minimum atomic E-state index is -0.271. The van der Waals surface area contributed by atoms with Crippen molar-refractivity contribution in [1.82, 2.24) is 0 Å². The van der Waals surface area contributed by atoms with Crippen molar-refractivity contribution in [2.75, 3.05) is 0 Å². The van der Waals surface area contributed by atoms with E-state index in [2.05, 4.69) is 19.9 Å². The van der Waals surface area contributed by atoms with Crippen molar-refractivity contribution in [2.24, 2.45) is 0 Å². The third-order valence-corrected chi connectivity index (χ3v) is 3.10. The lowest BCUT2D eigenvalue weighted by atomic mass is 9.95. The fourth-order valence-electron chi connectivity index (χ4n) is 2.25. The van der Waals surface area contributed by atoms with Gasteiger partial charge in [0.25, 0.3) is 0 Å². The van der Waals surface area contributed by atoms with E-state index in [4.69, 9.17) is 4.74 Å². The molecule has 0 unspecified atom stereocenters. The van der Waals surface area contributed by atoms with Crippen LogP contribution in [0.2, 0.25) is 0 Å². The molecule has 0 fully saturated rings. The number of carbonyl (C=O) groups excluding carboxylic acids is 1. The molecule has 0 atom stereocenters. The molecule has 0 amide bonds. The first-order chi connectivity index (χ1) is 8.50. The Bertz CT molecular complexity index is 597. The Morgan fingerprint density at radius 3 is 2.50 bits per heavy atom. The molecule has 18 heavy (non-hydrogen) atoms. The van der Waals surface area contributed by atoms with Gasteiger partial charge in [0.2, 0.25) is 0 Å². The summed E-state index contributed by atoms with van der Waals surface area (Å²) in [5.74, 6) is 0.768. The molecule has 0 bridgehead atoms. The van der Waals surface area contributed by atoms with Crippen molar-refractivity contribution in [3.63, 3.8) is 0 Å². The average molecular weight is 242 g/mol. The van der Waals surface area contributed by atoms with E-state index in [-0.39, 0.29) is 5.97 Å². The Hall–Kier alpha value is -1.83. The van der Waals surface area contributed by atoms with E-state index in [1.165, 1.54) is 6.92 Å². The highest BCUT2D eigenvalue weighted by molar-refractivity contribution is 5.94. The van der Waals surface area contributed by atoms with Gasteiger partial charge in [-0.05, 0) is 29.4 Å². The van der Waals surface area contributed by atoms with Crippen LogP contribution in [0, 0.1) is 6.92 Å². The Balaban J connectivity index is 2.79. The molecule has 0 aromatic heterocycles. The molecule has 0 saturated heterocycles. The zero-order valence-electron chi connectivity index (χ0n) is 11.3. The first-order valence-electron chi connectivity index (χ1n) is 6.21. The largest absolute Gasteiger partial charge is 0.426 e. The van der Waals surface area contributed by atoms with Crippen LogP contribution >= 0.6 is 0 Å². The first kappa shape index (κ1) is 12.6. The monoisotopic (exact) mass is 242 g/mol. The lowest BCUT2D eigenvalue weighted by Crippen LogP contribution is -2.06. The van der Waals surface area contributed by atoms with Crippen molar-refractivity contribution in [2.45, 2.75) is 33.6 Å². The maximum atomic E-state index is 11.3. The van der Waals surface area contributed by atoms with Gasteiger partial charge in [0.1, 0.15) is 5.75 Å². The van der Waals surface area contributed by atoms with Crippen LogP contribution in [-0.2, 0) is 4.79 Å². The molecule has 94 valence electrons. The molecule has 0 aliphatic heterocycles. The second-order valence-corrected chi connectivity index (χ2v) is 4.91. The summed E-state index contributed by atoms with van der Waals surface area (Å²) in [5.41, 5.74) is 2.21. The summed E-state index contributed by atoms with van der Waals surface area (Å²) in [6.07, 6.45) is 0. The SMILES string of the molecule is CC(=O)Oc1c(C(C)C)ccc2cccc(C)c12. The molecule has 2 heteroatoms. The number of rotatable bonds is 2. The molecule has 2 rings (SSSR count). The number of carbonyl (C=O) groups is 1. The summed E-state index contributed by atoms with van der Waals surface area (Å²) in [6, 6.07) is 10.2. The first-order valence-corrected chi connectivity index (χ1v) is 6.21. The van der Waals surface area contributed by atoms with Crippen LogP contribution in [-0.4, -0.2) is 5.97 Å². The third kappa shape index (κ3) is 2.23. The van der Waals surface area contributed by atoms with E-state index in [0.717, 1.165) is 21.9 Å². The van der Waals surface area contributed by atoms with E-state index in [9.17, 15) is 4.79 Å². The number of ether oxygens (including phenoxy) is 1. The quantitative estimate of drug-likeness (QED) is 0.583. The fraction of sp³-hybridized carbons (Fsp3) is 0.312. The second kappa shape index (κ2) is 4.81. The molecule has 0 spiro atoms.